The standard InChI is InChI=1S/C13H22N2O2/c1-14-13(5-8-17-10-9-16-2)11-12-3-6-15-7-4-12/h3-4,6-7,13-14H,5,8-11H2,1-2H3. The topological polar surface area (TPSA) is 43.4 Å². The van der Waals surface area contributed by atoms with Gasteiger partial charge < -0.3 is 14.8 Å². The molecule has 1 rings (SSSR count). The van der Waals surface area contributed by atoms with Crippen molar-refractivity contribution in [3.8, 4) is 0 Å². The van der Waals surface area contributed by atoms with Crippen LogP contribution in [0.15, 0.2) is 24.5 Å². The Labute approximate surface area is 103 Å². The zero-order chi connectivity index (χ0) is 12.3. The van der Waals surface area contributed by atoms with E-state index in [1.165, 1.54) is 5.56 Å². The van der Waals surface area contributed by atoms with Crippen LogP contribution >= 0.6 is 0 Å². The molecule has 1 aromatic rings. The number of aromatic nitrogens is 1. The Hall–Kier alpha value is -0.970. The lowest BCUT2D eigenvalue weighted by atomic mass is 10.1. The average Bonchev–Trinajstić information content (AvgIpc) is 2.38. The van der Waals surface area contributed by atoms with Gasteiger partial charge in [-0.2, -0.15) is 0 Å². The van der Waals surface area contributed by atoms with Crippen molar-refractivity contribution in [1.82, 2.24) is 10.3 Å². The van der Waals surface area contributed by atoms with Gasteiger partial charge in [0.05, 0.1) is 13.2 Å². The van der Waals surface area contributed by atoms with Crippen molar-refractivity contribution in [2.45, 2.75) is 18.9 Å². The van der Waals surface area contributed by atoms with Gasteiger partial charge in [0.15, 0.2) is 0 Å². The van der Waals surface area contributed by atoms with E-state index in [0.29, 0.717) is 19.3 Å². The number of methoxy groups -OCH3 is 1. The normalized spacial score (nSPS) is 12.6. The quantitative estimate of drug-likeness (QED) is 0.658. The second kappa shape index (κ2) is 9.10. The summed E-state index contributed by atoms with van der Waals surface area (Å²) in [5, 5.41) is 3.31. The summed E-state index contributed by atoms with van der Waals surface area (Å²) in [6.45, 7) is 2.09. The van der Waals surface area contributed by atoms with Gasteiger partial charge in [-0.3, -0.25) is 4.98 Å². The minimum atomic E-state index is 0.444. The second-order valence-electron chi connectivity index (χ2n) is 3.94. The first-order valence-electron chi connectivity index (χ1n) is 5.99. The summed E-state index contributed by atoms with van der Waals surface area (Å²) in [5.41, 5.74) is 1.30. The number of rotatable bonds is 9. The van der Waals surface area contributed by atoms with Crippen molar-refractivity contribution in [3.63, 3.8) is 0 Å². The van der Waals surface area contributed by atoms with Gasteiger partial charge in [-0.15, -0.1) is 0 Å². The number of nitrogens with one attached hydrogen (secondary N) is 1. The lowest BCUT2D eigenvalue weighted by Gasteiger charge is -2.16. The van der Waals surface area contributed by atoms with Crippen LogP contribution in [0.3, 0.4) is 0 Å². The van der Waals surface area contributed by atoms with E-state index < -0.39 is 0 Å². The fourth-order valence-corrected chi connectivity index (χ4v) is 1.62. The number of likely N-dealkylation sites (N-methyl/N-ethyl adjacent to an activating group) is 1. The molecule has 0 aliphatic rings. The third-order valence-electron chi connectivity index (χ3n) is 2.68. The second-order valence-corrected chi connectivity index (χ2v) is 3.94. The minimum Gasteiger partial charge on any atom is -0.382 e. The molecule has 1 heterocycles. The zero-order valence-electron chi connectivity index (χ0n) is 10.7. The van der Waals surface area contributed by atoms with Crippen LogP contribution in [0.2, 0.25) is 0 Å². The van der Waals surface area contributed by atoms with Gasteiger partial charge in [0, 0.05) is 32.2 Å². The Morgan fingerprint density at radius 2 is 2.00 bits per heavy atom. The Bertz CT molecular complexity index is 280. The maximum atomic E-state index is 5.47. The van der Waals surface area contributed by atoms with Crippen LogP contribution < -0.4 is 5.32 Å². The number of hydrogen-bond donors (Lipinski definition) is 1. The third kappa shape index (κ3) is 6.36. The average molecular weight is 238 g/mol. The van der Waals surface area contributed by atoms with Crippen molar-refractivity contribution >= 4 is 0 Å². The van der Waals surface area contributed by atoms with Crippen LogP contribution in [0, 0.1) is 0 Å². The summed E-state index contributed by atoms with van der Waals surface area (Å²) in [4.78, 5) is 4.02. The van der Waals surface area contributed by atoms with Crippen molar-refractivity contribution in [3.05, 3.63) is 30.1 Å². The highest BCUT2D eigenvalue weighted by Crippen LogP contribution is 2.04. The van der Waals surface area contributed by atoms with E-state index in [2.05, 4.69) is 22.4 Å². The van der Waals surface area contributed by atoms with Crippen LogP contribution in [0.5, 0.6) is 0 Å². The van der Waals surface area contributed by atoms with Gasteiger partial charge in [-0.05, 0) is 37.6 Å². The first-order valence-corrected chi connectivity index (χ1v) is 5.99. The molecular formula is C13H22N2O2. The first-order chi connectivity index (χ1) is 8.36. The summed E-state index contributed by atoms with van der Waals surface area (Å²) in [6.07, 6.45) is 5.67. The predicted octanol–water partition coefficient (Wildman–Crippen LogP) is 1.27. The number of ether oxygens (including phenoxy) is 2. The van der Waals surface area contributed by atoms with Gasteiger partial charge >= 0.3 is 0 Å². The number of nitrogens with zero attached hydrogens (tertiary/aromatic N) is 1. The molecule has 0 bridgehead atoms. The van der Waals surface area contributed by atoms with Crippen LogP contribution in [-0.2, 0) is 15.9 Å². The molecule has 4 heteroatoms. The molecular weight excluding hydrogens is 216 g/mol. The molecule has 0 aliphatic carbocycles. The van der Waals surface area contributed by atoms with Crippen LogP contribution in [0.25, 0.3) is 0 Å². The smallest absolute Gasteiger partial charge is 0.0700 e. The van der Waals surface area contributed by atoms with E-state index >= 15 is 0 Å². The molecule has 4 nitrogen and oxygen atoms in total. The molecule has 0 aliphatic heterocycles. The van der Waals surface area contributed by atoms with E-state index in [1.807, 2.05) is 19.4 Å². The Morgan fingerprint density at radius 1 is 1.24 bits per heavy atom. The molecule has 0 aromatic carbocycles. The summed E-state index contributed by atoms with van der Waals surface area (Å²) < 4.78 is 10.4. The largest absolute Gasteiger partial charge is 0.382 e. The predicted molar refractivity (Wildman–Crippen MR) is 68.1 cm³/mol. The molecule has 1 unspecified atom stereocenters. The summed E-state index contributed by atoms with van der Waals surface area (Å²) in [7, 11) is 3.67. The van der Waals surface area contributed by atoms with E-state index in [4.69, 9.17) is 9.47 Å². The summed E-state index contributed by atoms with van der Waals surface area (Å²) in [5.74, 6) is 0. The van der Waals surface area contributed by atoms with E-state index in [9.17, 15) is 0 Å². The molecule has 0 radical (unpaired) electrons. The van der Waals surface area contributed by atoms with Gasteiger partial charge in [-0.1, -0.05) is 0 Å². The highest BCUT2D eigenvalue weighted by molar-refractivity contribution is 5.11. The molecule has 1 N–H and O–H groups in total. The molecule has 0 saturated carbocycles. The lowest BCUT2D eigenvalue weighted by molar-refractivity contribution is 0.0661. The fourth-order valence-electron chi connectivity index (χ4n) is 1.62. The molecule has 0 spiro atoms. The highest BCUT2D eigenvalue weighted by atomic mass is 16.5. The van der Waals surface area contributed by atoms with Crippen LogP contribution in [-0.4, -0.2) is 45.0 Å². The molecule has 96 valence electrons. The maximum absolute atomic E-state index is 5.47. The molecule has 0 saturated heterocycles. The molecule has 17 heavy (non-hydrogen) atoms. The van der Waals surface area contributed by atoms with E-state index in [-0.39, 0.29) is 0 Å². The highest BCUT2D eigenvalue weighted by Gasteiger charge is 2.06. The molecule has 1 aromatic heterocycles. The minimum absolute atomic E-state index is 0.444. The van der Waals surface area contributed by atoms with E-state index in [1.54, 1.807) is 7.11 Å². The monoisotopic (exact) mass is 238 g/mol. The number of hydrogen-bond acceptors (Lipinski definition) is 4. The lowest BCUT2D eigenvalue weighted by Crippen LogP contribution is -2.29. The Morgan fingerprint density at radius 3 is 2.65 bits per heavy atom. The third-order valence-corrected chi connectivity index (χ3v) is 2.68. The molecule has 0 amide bonds. The first kappa shape index (κ1) is 14.1. The van der Waals surface area contributed by atoms with Crippen molar-refractivity contribution < 1.29 is 9.47 Å². The number of pyridine rings is 1. The van der Waals surface area contributed by atoms with Crippen molar-refractivity contribution in [2.24, 2.45) is 0 Å². The van der Waals surface area contributed by atoms with Crippen molar-refractivity contribution in [1.29, 1.82) is 0 Å². The Kier molecular flexibility index (Phi) is 7.54. The molecule has 0 fully saturated rings. The maximum Gasteiger partial charge on any atom is 0.0700 e. The molecule has 1 atom stereocenters. The fraction of sp³-hybridized carbons (Fsp3) is 0.615. The summed E-state index contributed by atoms with van der Waals surface area (Å²) in [6, 6.07) is 4.55. The van der Waals surface area contributed by atoms with E-state index in [0.717, 1.165) is 19.4 Å². The van der Waals surface area contributed by atoms with Gasteiger partial charge in [0.1, 0.15) is 0 Å². The zero-order valence-corrected chi connectivity index (χ0v) is 10.7. The summed E-state index contributed by atoms with van der Waals surface area (Å²) >= 11 is 0. The van der Waals surface area contributed by atoms with Gasteiger partial charge in [0.25, 0.3) is 0 Å². The Balaban J connectivity index is 2.20. The van der Waals surface area contributed by atoms with Crippen LogP contribution in [0.4, 0.5) is 0 Å². The van der Waals surface area contributed by atoms with Crippen molar-refractivity contribution in [2.75, 3.05) is 34.0 Å². The van der Waals surface area contributed by atoms with Gasteiger partial charge in [-0.25, -0.2) is 0 Å². The van der Waals surface area contributed by atoms with Gasteiger partial charge in [0.2, 0.25) is 0 Å². The SMILES string of the molecule is CNC(CCOCCOC)Cc1ccncc1. The van der Waals surface area contributed by atoms with Crippen LogP contribution in [0.1, 0.15) is 12.0 Å².